The quantitative estimate of drug-likeness (QED) is 0.718. The van der Waals surface area contributed by atoms with Gasteiger partial charge in [-0.15, -0.1) is 0 Å². The Labute approximate surface area is 157 Å². The normalized spacial score (nSPS) is 16.6. The van der Waals surface area contributed by atoms with Crippen LogP contribution in [0.5, 0.6) is 11.5 Å². The summed E-state index contributed by atoms with van der Waals surface area (Å²) < 4.78 is 32.5. The molecule has 0 spiro atoms. The minimum Gasteiger partial charge on any atom is -0.512 e. The molecule has 0 heterocycles. The molecule has 2 aromatic carbocycles. The number of halogens is 2. The van der Waals surface area contributed by atoms with Gasteiger partial charge in [-0.2, -0.15) is 0 Å². The van der Waals surface area contributed by atoms with E-state index in [0.29, 0.717) is 36.1 Å². The lowest BCUT2D eigenvalue weighted by atomic mass is 9.74. The number of carbonyl (C=O) groups is 1. The SMILES string of the molecule is CCc1ccc(Oc2ccc(F)cc2F)cc1C1=C(O)CC(C)(C)CC1=O. The van der Waals surface area contributed by atoms with Crippen molar-refractivity contribution in [2.75, 3.05) is 0 Å². The van der Waals surface area contributed by atoms with Gasteiger partial charge in [-0.1, -0.05) is 26.8 Å². The molecule has 142 valence electrons. The van der Waals surface area contributed by atoms with Gasteiger partial charge >= 0.3 is 0 Å². The molecule has 0 aliphatic heterocycles. The van der Waals surface area contributed by atoms with Crippen LogP contribution in [-0.4, -0.2) is 10.9 Å². The Bertz CT molecular complexity index is 929. The molecule has 0 bridgehead atoms. The lowest BCUT2D eigenvalue weighted by molar-refractivity contribution is -0.116. The Morgan fingerprint density at radius 1 is 1.11 bits per heavy atom. The molecule has 3 rings (SSSR count). The maximum Gasteiger partial charge on any atom is 0.168 e. The van der Waals surface area contributed by atoms with Crippen LogP contribution in [0.15, 0.2) is 42.2 Å². The van der Waals surface area contributed by atoms with Gasteiger partial charge in [0.15, 0.2) is 17.3 Å². The van der Waals surface area contributed by atoms with Gasteiger partial charge in [0.1, 0.15) is 17.3 Å². The zero-order valence-electron chi connectivity index (χ0n) is 15.6. The van der Waals surface area contributed by atoms with Gasteiger partial charge in [-0.25, -0.2) is 8.78 Å². The zero-order chi connectivity index (χ0) is 19.8. The molecule has 1 N–H and O–H groups in total. The van der Waals surface area contributed by atoms with E-state index in [9.17, 15) is 18.7 Å². The molecule has 0 saturated carbocycles. The minimum atomic E-state index is -0.811. The van der Waals surface area contributed by atoms with Crippen LogP contribution >= 0.6 is 0 Å². The van der Waals surface area contributed by atoms with Gasteiger partial charge in [0.2, 0.25) is 0 Å². The number of carbonyl (C=O) groups excluding carboxylic acids is 1. The fourth-order valence-electron chi connectivity index (χ4n) is 3.44. The van der Waals surface area contributed by atoms with Gasteiger partial charge in [0.25, 0.3) is 0 Å². The van der Waals surface area contributed by atoms with Gasteiger partial charge in [0, 0.05) is 18.9 Å². The number of aryl methyl sites for hydroxylation is 1. The van der Waals surface area contributed by atoms with E-state index in [1.54, 1.807) is 18.2 Å². The molecule has 1 aliphatic rings. The third-order valence-corrected chi connectivity index (χ3v) is 4.71. The number of ether oxygens (including phenoxy) is 1. The summed E-state index contributed by atoms with van der Waals surface area (Å²) in [6.07, 6.45) is 1.41. The van der Waals surface area contributed by atoms with E-state index in [0.717, 1.165) is 17.7 Å². The number of rotatable bonds is 4. The van der Waals surface area contributed by atoms with E-state index >= 15 is 0 Å². The van der Waals surface area contributed by atoms with E-state index in [1.807, 2.05) is 20.8 Å². The second kappa shape index (κ2) is 7.14. The summed E-state index contributed by atoms with van der Waals surface area (Å²) in [7, 11) is 0. The van der Waals surface area contributed by atoms with E-state index in [-0.39, 0.29) is 22.7 Å². The number of ketones is 1. The lowest BCUT2D eigenvalue weighted by Crippen LogP contribution is -2.25. The van der Waals surface area contributed by atoms with Gasteiger partial charge < -0.3 is 9.84 Å². The Balaban J connectivity index is 2.03. The van der Waals surface area contributed by atoms with Crippen LogP contribution in [0.25, 0.3) is 5.57 Å². The summed E-state index contributed by atoms with van der Waals surface area (Å²) in [6.45, 7) is 5.83. The Morgan fingerprint density at radius 3 is 2.48 bits per heavy atom. The third-order valence-electron chi connectivity index (χ3n) is 4.71. The summed E-state index contributed by atoms with van der Waals surface area (Å²) in [5, 5.41) is 10.5. The summed E-state index contributed by atoms with van der Waals surface area (Å²) in [6, 6.07) is 8.16. The summed E-state index contributed by atoms with van der Waals surface area (Å²) in [4.78, 5) is 12.7. The molecule has 0 radical (unpaired) electrons. The van der Waals surface area contributed by atoms with Crippen LogP contribution in [0.2, 0.25) is 0 Å². The molecular weight excluding hydrogens is 350 g/mol. The van der Waals surface area contributed by atoms with Crippen molar-refractivity contribution >= 4 is 11.4 Å². The van der Waals surface area contributed by atoms with Crippen molar-refractivity contribution in [3.05, 3.63) is 64.9 Å². The standard InChI is InChI=1S/C22H22F2O3/c1-4-13-5-7-15(27-20-8-6-14(23)9-17(20)24)10-16(13)21-18(25)11-22(2,3)12-19(21)26/h5-10,25H,4,11-12H2,1-3H3. The van der Waals surface area contributed by atoms with Crippen molar-refractivity contribution in [2.24, 2.45) is 5.41 Å². The molecule has 0 aromatic heterocycles. The zero-order valence-corrected chi connectivity index (χ0v) is 15.6. The van der Waals surface area contributed by atoms with E-state index < -0.39 is 11.6 Å². The summed E-state index contributed by atoms with van der Waals surface area (Å²) in [5.74, 6) is -1.35. The topological polar surface area (TPSA) is 46.5 Å². The fourth-order valence-corrected chi connectivity index (χ4v) is 3.44. The lowest BCUT2D eigenvalue weighted by Gasteiger charge is -2.30. The number of hydrogen-bond acceptors (Lipinski definition) is 3. The van der Waals surface area contributed by atoms with Crippen LogP contribution in [0.3, 0.4) is 0 Å². The van der Waals surface area contributed by atoms with Crippen molar-refractivity contribution in [1.82, 2.24) is 0 Å². The molecule has 0 atom stereocenters. The number of allylic oxidation sites excluding steroid dienone is 2. The number of aliphatic hydroxyl groups excluding tert-OH is 1. The van der Waals surface area contributed by atoms with Crippen LogP contribution < -0.4 is 4.74 Å². The monoisotopic (exact) mass is 372 g/mol. The molecule has 0 saturated heterocycles. The predicted molar refractivity (Wildman–Crippen MR) is 99.8 cm³/mol. The average molecular weight is 372 g/mol. The Hall–Kier alpha value is -2.69. The molecule has 5 heteroatoms. The van der Waals surface area contributed by atoms with Gasteiger partial charge in [-0.3, -0.25) is 4.79 Å². The van der Waals surface area contributed by atoms with E-state index in [2.05, 4.69) is 0 Å². The van der Waals surface area contributed by atoms with Crippen LogP contribution in [0.1, 0.15) is 44.7 Å². The largest absolute Gasteiger partial charge is 0.512 e. The molecule has 0 unspecified atom stereocenters. The first kappa shape index (κ1) is 19.1. The summed E-state index contributed by atoms with van der Waals surface area (Å²) >= 11 is 0. The first-order chi connectivity index (χ1) is 12.7. The molecular formula is C22H22F2O3. The van der Waals surface area contributed by atoms with Crippen LogP contribution in [0, 0.1) is 17.0 Å². The third kappa shape index (κ3) is 4.02. The Kier molecular flexibility index (Phi) is 5.05. The maximum atomic E-state index is 13.9. The van der Waals surface area contributed by atoms with Crippen molar-refractivity contribution in [1.29, 1.82) is 0 Å². The number of benzene rings is 2. The highest BCUT2D eigenvalue weighted by atomic mass is 19.1. The van der Waals surface area contributed by atoms with Gasteiger partial charge in [-0.05, 0) is 47.2 Å². The Morgan fingerprint density at radius 2 is 1.85 bits per heavy atom. The first-order valence-electron chi connectivity index (χ1n) is 8.91. The highest BCUT2D eigenvalue weighted by Gasteiger charge is 2.34. The molecule has 1 aliphatic carbocycles. The fraction of sp³-hybridized carbons (Fsp3) is 0.318. The molecule has 2 aromatic rings. The smallest absolute Gasteiger partial charge is 0.168 e. The van der Waals surface area contributed by atoms with Gasteiger partial charge in [0.05, 0.1) is 5.57 Å². The maximum absolute atomic E-state index is 13.9. The summed E-state index contributed by atoms with van der Waals surface area (Å²) in [5.41, 5.74) is 1.49. The number of Topliss-reactive ketones (excluding diaryl/α,β-unsaturated/α-hetero) is 1. The highest BCUT2D eigenvalue weighted by Crippen LogP contribution is 2.41. The van der Waals surface area contributed by atoms with Crippen molar-refractivity contribution in [3.63, 3.8) is 0 Å². The second-order valence-electron chi connectivity index (χ2n) is 7.61. The second-order valence-corrected chi connectivity index (χ2v) is 7.61. The number of hydrogen-bond donors (Lipinski definition) is 1. The van der Waals surface area contributed by atoms with Crippen molar-refractivity contribution < 1.29 is 23.4 Å². The molecule has 0 fully saturated rings. The van der Waals surface area contributed by atoms with Crippen LogP contribution in [0.4, 0.5) is 8.78 Å². The molecule has 0 amide bonds. The van der Waals surface area contributed by atoms with Crippen molar-refractivity contribution in [2.45, 2.75) is 40.0 Å². The average Bonchev–Trinajstić information content (AvgIpc) is 2.56. The first-order valence-corrected chi connectivity index (χ1v) is 8.91. The molecule has 27 heavy (non-hydrogen) atoms. The van der Waals surface area contributed by atoms with E-state index in [1.165, 1.54) is 6.07 Å². The molecule has 3 nitrogen and oxygen atoms in total. The minimum absolute atomic E-state index is 0.0658. The number of aliphatic hydroxyl groups is 1. The van der Waals surface area contributed by atoms with E-state index in [4.69, 9.17) is 4.74 Å². The van der Waals surface area contributed by atoms with Crippen LogP contribution in [-0.2, 0) is 11.2 Å². The highest BCUT2D eigenvalue weighted by molar-refractivity contribution is 6.22. The van der Waals surface area contributed by atoms with Crippen molar-refractivity contribution in [3.8, 4) is 11.5 Å². The predicted octanol–water partition coefficient (Wildman–Crippen LogP) is 5.98.